The highest BCUT2D eigenvalue weighted by Crippen LogP contribution is 2.25. The van der Waals surface area contributed by atoms with Crippen LogP contribution in [0.4, 0.5) is 5.82 Å². The molecule has 0 spiro atoms. The minimum atomic E-state index is -0.999. The molecule has 0 aliphatic rings. The monoisotopic (exact) mass is 310 g/mol. The van der Waals surface area contributed by atoms with Gasteiger partial charge >= 0.3 is 5.97 Å². The predicted octanol–water partition coefficient (Wildman–Crippen LogP) is 3.91. The molecule has 0 fully saturated rings. The minimum absolute atomic E-state index is 0.112. The maximum absolute atomic E-state index is 11.4. The Labute approximate surface area is 126 Å². The average molecular weight is 311 g/mol. The molecule has 0 aliphatic heterocycles. The first-order chi connectivity index (χ1) is 9.49. The van der Waals surface area contributed by atoms with E-state index in [1.807, 2.05) is 36.3 Å². The molecule has 2 heterocycles. The Morgan fingerprint density at radius 2 is 2.20 bits per heavy atom. The summed E-state index contributed by atoms with van der Waals surface area (Å²) >= 11 is 7.56. The van der Waals surface area contributed by atoms with Crippen molar-refractivity contribution in [3.8, 4) is 0 Å². The Balaban J connectivity index is 2.43. The molecule has 0 saturated heterocycles. The number of rotatable bonds is 5. The lowest BCUT2D eigenvalue weighted by atomic mass is 10.2. The highest BCUT2D eigenvalue weighted by atomic mass is 35.5. The molecule has 0 unspecified atom stereocenters. The molecule has 1 N–H and O–H groups in total. The van der Waals surface area contributed by atoms with Gasteiger partial charge in [0.1, 0.15) is 16.5 Å². The number of pyridine rings is 1. The molecule has 0 atom stereocenters. The number of hydrogen-bond acceptors (Lipinski definition) is 4. The van der Waals surface area contributed by atoms with E-state index in [4.69, 9.17) is 11.6 Å². The van der Waals surface area contributed by atoms with Crippen LogP contribution in [0.2, 0.25) is 5.15 Å². The summed E-state index contributed by atoms with van der Waals surface area (Å²) in [6.45, 7) is 4.62. The van der Waals surface area contributed by atoms with Crippen LogP contribution in [-0.4, -0.2) is 22.1 Å². The molecular weight excluding hydrogens is 296 g/mol. The summed E-state index contributed by atoms with van der Waals surface area (Å²) in [5, 5.41) is 11.6. The molecule has 0 radical (unpaired) electrons. The second-order valence-electron chi connectivity index (χ2n) is 4.61. The minimum Gasteiger partial charge on any atom is -0.478 e. The predicted molar refractivity (Wildman–Crippen MR) is 81.8 cm³/mol. The summed E-state index contributed by atoms with van der Waals surface area (Å²) in [7, 11) is 0. The summed E-state index contributed by atoms with van der Waals surface area (Å²) < 4.78 is 0. The van der Waals surface area contributed by atoms with Crippen molar-refractivity contribution in [2.45, 2.75) is 26.4 Å². The summed E-state index contributed by atoms with van der Waals surface area (Å²) in [5.41, 5.74) is 0.166. The van der Waals surface area contributed by atoms with Crippen molar-refractivity contribution < 1.29 is 9.90 Å². The van der Waals surface area contributed by atoms with Gasteiger partial charge in [0.2, 0.25) is 0 Å². The van der Waals surface area contributed by atoms with Crippen molar-refractivity contribution >= 4 is 34.7 Å². The molecule has 106 valence electrons. The third kappa shape index (κ3) is 3.29. The van der Waals surface area contributed by atoms with Gasteiger partial charge in [0, 0.05) is 10.9 Å². The molecule has 0 amide bonds. The molecular formula is C14H15ClN2O2S. The van der Waals surface area contributed by atoms with E-state index < -0.39 is 5.97 Å². The fourth-order valence-corrected chi connectivity index (χ4v) is 2.73. The first-order valence-corrected chi connectivity index (χ1v) is 7.43. The van der Waals surface area contributed by atoms with Crippen LogP contribution in [-0.2, 0) is 6.54 Å². The van der Waals surface area contributed by atoms with Crippen LogP contribution in [0.1, 0.15) is 29.1 Å². The number of aromatic nitrogens is 1. The summed E-state index contributed by atoms with van der Waals surface area (Å²) in [5.74, 6) is -0.589. The largest absolute Gasteiger partial charge is 0.478 e. The van der Waals surface area contributed by atoms with E-state index in [9.17, 15) is 9.90 Å². The quantitative estimate of drug-likeness (QED) is 0.851. The molecule has 0 saturated carbocycles. The molecule has 20 heavy (non-hydrogen) atoms. The lowest BCUT2D eigenvalue weighted by Gasteiger charge is -2.28. The first kappa shape index (κ1) is 14.8. The average Bonchev–Trinajstić information content (AvgIpc) is 2.87. The van der Waals surface area contributed by atoms with Crippen molar-refractivity contribution in [2.24, 2.45) is 0 Å². The number of carboxylic acid groups (broad SMARTS) is 1. The zero-order chi connectivity index (χ0) is 14.7. The van der Waals surface area contributed by atoms with Gasteiger partial charge in [-0.25, -0.2) is 9.78 Å². The lowest BCUT2D eigenvalue weighted by Crippen LogP contribution is -2.32. The molecule has 6 heteroatoms. The molecule has 0 aliphatic carbocycles. The zero-order valence-corrected chi connectivity index (χ0v) is 12.8. The van der Waals surface area contributed by atoms with Crippen LogP contribution >= 0.6 is 22.9 Å². The maximum Gasteiger partial charge on any atom is 0.339 e. The van der Waals surface area contributed by atoms with E-state index in [1.54, 1.807) is 11.3 Å². The van der Waals surface area contributed by atoms with Crippen LogP contribution in [0, 0.1) is 0 Å². The van der Waals surface area contributed by atoms with Crippen LogP contribution in [0.5, 0.6) is 0 Å². The Morgan fingerprint density at radius 1 is 1.45 bits per heavy atom. The summed E-state index contributed by atoms with van der Waals surface area (Å²) in [4.78, 5) is 18.7. The van der Waals surface area contributed by atoms with E-state index >= 15 is 0 Å². The molecule has 2 rings (SSSR count). The second-order valence-corrected chi connectivity index (χ2v) is 6.03. The van der Waals surface area contributed by atoms with Gasteiger partial charge in [-0.15, -0.1) is 11.3 Å². The van der Waals surface area contributed by atoms with Gasteiger partial charge in [0.05, 0.1) is 6.54 Å². The van der Waals surface area contributed by atoms with Gasteiger partial charge in [-0.05, 0) is 37.4 Å². The van der Waals surface area contributed by atoms with Gasteiger partial charge in [-0.3, -0.25) is 0 Å². The number of nitrogens with zero attached hydrogens (tertiary/aromatic N) is 2. The van der Waals surface area contributed by atoms with Crippen molar-refractivity contribution in [3.05, 3.63) is 45.2 Å². The number of hydrogen-bond donors (Lipinski definition) is 1. The van der Waals surface area contributed by atoms with Crippen molar-refractivity contribution in [3.63, 3.8) is 0 Å². The number of thiophene rings is 1. The van der Waals surface area contributed by atoms with Crippen LogP contribution in [0.15, 0.2) is 29.6 Å². The third-order valence-corrected chi connectivity index (χ3v) is 3.94. The number of halogens is 1. The lowest BCUT2D eigenvalue weighted by molar-refractivity contribution is 0.0697. The normalized spacial score (nSPS) is 10.8. The SMILES string of the molecule is CC(C)N(Cc1cccs1)c1nc(Cl)ccc1C(=O)O. The number of carboxylic acids is 1. The Bertz CT molecular complexity index is 599. The van der Waals surface area contributed by atoms with Gasteiger partial charge in [0.15, 0.2) is 0 Å². The van der Waals surface area contributed by atoms with Crippen LogP contribution in [0.25, 0.3) is 0 Å². The fourth-order valence-electron chi connectivity index (χ4n) is 1.88. The van der Waals surface area contributed by atoms with Gasteiger partial charge in [-0.1, -0.05) is 17.7 Å². The van der Waals surface area contributed by atoms with Crippen molar-refractivity contribution in [1.29, 1.82) is 0 Å². The Hall–Kier alpha value is -1.59. The van der Waals surface area contributed by atoms with E-state index in [0.717, 1.165) is 4.88 Å². The van der Waals surface area contributed by atoms with Crippen LogP contribution < -0.4 is 4.90 Å². The van der Waals surface area contributed by atoms with Gasteiger partial charge < -0.3 is 10.0 Å². The van der Waals surface area contributed by atoms with E-state index in [1.165, 1.54) is 12.1 Å². The highest BCUT2D eigenvalue weighted by molar-refractivity contribution is 7.09. The van der Waals surface area contributed by atoms with E-state index in [-0.39, 0.29) is 11.6 Å². The Kier molecular flexibility index (Phi) is 4.62. The standard InChI is InChI=1S/C14H15ClN2O2S/c1-9(2)17(8-10-4-3-7-20-10)13-11(14(18)19)5-6-12(15)16-13/h3-7,9H,8H2,1-2H3,(H,18,19). The van der Waals surface area contributed by atoms with Crippen LogP contribution in [0.3, 0.4) is 0 Å². The molecule has 0 bridgehead atoms. The molecule has 2 aromatic heterocycles. The fraction of sp³-hybridized carbons (Fsp3) is 0.286. The third-order valence-electron chi connectivity index (χ3n) is 2.87. The Morgan fingerprint density at radius 3 is 2.75 bits per heavy atom. The second kappa shape index (κ2) is 6.24. The van der Waals surface area contributed by atoms with Crippen molar-refractivity contribution in [2.75, 3.05) is 4.90 Å². The number of carbonyl (C=O) groups is 1. The summed E-state index contributed by atoms with van der Waals surface area (Å²) in [6.07, 6.45) is 0. The van der Waals surface area contributed by atoms with Gasteiger partial charge in [-0.2, -0.15) is 0 Å². The first-order valence-electron chi connectivity index (χ1n) is 6.18. The van der Waals surface area contributed by atoms with Crippen molar-refractivity contribution in [1.82, 2.24) is 4.98 Å². The highest BCUT2D eigenvalue weighted by Gasteiger charge is 2.21. The molecule has 2 aromatic rings. The topological polar surface area (TPSA) is 53.4 Å². The van der Waals surface area contributed by atoms with E-state index in [2.05, 4.69) is 4.98 Å². The molecule has 0 aromatic carbocycles. The van der Waals surface area contributed by atoms with E-state index in [0.29, 0.717) is 17.5 Å². The maximum atomic E-state index is 11.4. The molecule has 4 nitrogen and oxygen atoms in total. The zero-order valence-electron chi connectivity index (χ0n) is 11.2. The van der Waals surface area contributed by atoms with Gasteiger partial charge in [0.25, 0.3) is 0 Å². The number of aromatic carboxylic acids is 1. The summed E-state index contributed by atoms with van der Waals surface area (Å²) in [6, 6.07) is 7.10. The number of anilines is 1. The smallest absolute Gasteiger partial charge is 0.339 e.